The highest BCUT2D eigenvalue weighted by Gasteiger charge is 2.32. The number of aromatic amines is 1. The molecule has 0 bridgehead atoms. The van der Waals surface area contributed by atoms with Gasteiger partial charge in [0, 0.05) is 11.6 Å². The molecule has 0 radical (unpaired) electrons. The van der Waals surface area contributed by atoms with Gasteiger partial charge in [0.15, 0.2) is 0 Å². The van der Waals surface area contributed by atoms with Crippen LogP contribution in [0.15, 0.2) is 29.1 Å². The first-order chi connectivity index (χ1) is 12.1. The molecule has 2 aromatic rings. The summed E-state index contributed by atoms with van der Waals surface area (Å²) in [6, 6.07) is 7.79. The van der Waals surface area contributed by atoms with Crippen LogP contribution in [0.2, 0.25) is 0 Å². The van der Waals surface area contributed by atoms with Crippen LogP contribution in [0, 0.1) is 0 Å². The van der Waals surface area contributed by atoms with Crippen LogP contribution in [0.25, 0.3) is 0 Å². The van der Waals surface area contributed by atoms with Crippen LogP contribution >= 0.6 is 11.8 Å². The number of nitrogens with zero attached hydrogens (tertiary/aromatic N) is 1. The standard InChI is InChI=1S/C18H23N3O3S/c1-4-11(3)21-17-15(18(23)20-21)16(25-10-14(22)19-17)12-8-6-7-9-13(12)24-5-2/h6-9,11,16H,4-5,10H2,1-3H3,(H,19,22)(H,20,23)/t11-,16+/m0/s1. The van der Waals surface area contributed by atoms with Crippen molar-refractivity contribution in [3.63, 3.8) is 0 Å². The van der Waals surface area contributed by atoms with Gasteiger partial charge >= 0.3 is 0 Å². The minimum absolute atomic E-state index is 0.0858. The van der Waals surface area contributed by atoms with Crippen molar-refractivity contribution in [3.05, 3.63) is 45.7 Å². The topological polar surface area (TPSA) is 76.1 Å². The van der Waals surface area contributed by atoms with E-state index in [4.69, 9.17) is 4.74 Å². The summed E-state index contributed by atoms with van der Waals surface area (Å²) in [6.07, 6.45) is 0.847. The maximum atomic E-state index is 12.7. The number of para-hydroxylation sites is 1. The second kappa shape index (κ2) is 7.39. The van der Waals surface area contributed by atoms with Crippen molar-refractivity contribution in [1.29, 1.82) is 0 Å². The fourth-order valence-corrected chi connectivity index (χ4v) is 4.14. The quantitative estimate of drug-likeness (QED) is 0.856. The lowest BCUT2D eigenvalue weighted by Gasteiger charge is -2.18. The molecular weight excluding hydrogens is 338 g/mol. The largest absolute Gasteiger partial charge is 0.494 e. The summed E-state index contributed by atoms with van der Waals surface area (Å²) in [4.78, 5) is 24.9. The molecule has 1 aliphatic rings. The van der Waals surface area contributed by atoms with Crippen LogP contribution in [0.3, 0.4) is 0 Å². The number of thioether (sulfide) groups is 1. The zero-order chi connectivity index (χ0) is 18.0. The summed E-state index contributed by atoms with van der Waals surface area (Å²) in [6.45, 7) is 6.54. The predicted octanol–water partition coefficient (Wildman–Crippen LogP) is 3.32. The third-order valence-corrected chi connectivity index (χ3v) is 5.65. The van der Waals surface area contributed by atoms with Gasteiger partial charge in [0.05, 0.1) is 23.2 Å². The number of fused-ring (bicyclic) bond motifs is 1. The van der Waals surface area contributed by atoms with E-state index < -0.39 is 0 Å². The summed E-state index contributed by atoms with van der Waals surface area (Å²) in [5, 5.41) is 5.55. The number of H-pyrrole nitrogens is 1. The van der Waals surface area contributed by atoms with Crippen LogP contribution in [0.1, 0.15) is 49.6 Å². The Kier molecular flexibility index (Phi) is 5.22. The number of anilines is 1. The van der Waals surface area contributed by atoms with Crippen LogP contribution in [0.4, 0.5) is 5.82 Å². The first-order valence-corrected chi connectivity index (χ1v) is 9.59. The molecule has 1 aromatic heterocycles. The molecule has 1 aliphatic heterocycles. The Bertz CT molecular complexity index is 827. The Hall–Kier alpha value is -2.15. The number of ether oxygens (including phenoxy) is 1. The zero-order valence-electron chi connectivity index (χ0n) is 14.7. The van der Waals surface area contributed by atoms with Gasteiger partial charge in [-0.05, 0) is 26.3 Å². The van der Waals surface area contributed by atoms with Gasteiger partial charge in [0.25, 0.3) is 5.56 Å². The number of carbonyl (C=O) groups excluding carboxylic acids is 1. The number of amides is 1. The van der Waals surface area contributed by atoms with Gasteiger partial charge in [-0.15, -0.1) is 11.8 Å². The number of rotatable bonds is 5. The molecule has 1 aromatic carbocycles. The van der Waals surface area contributed by atoms with E-state index in [2.05, 4.69) is 10.4 Å². The van der Waals surface area contributed by atoms with E-state index in [1.807, 2.05) is 45.0 Å². The molecule has 134 valence electrons. The van der Waals surface area contributed by atoms with Gasteiger partial charge in [0.1, 0.15) is 11.6 Å². The number of nitrogens with one attached hydrogen (secondary N) is 2. The normalized spacial score (nSPS) is 18.2. The molecule has 2 atom stereocenters. The molecule has 2 heterocycles. The first-order valence-electron chi connectivity index (χ1n) is 8.54. The lowest BCUT2D eigenvalue weighted by molar-refractivity contribution is -0.113. The molecule has 0 aliphatic carbocycles. The van der Waals surface area contributed by atoms with E-state index >= 15 is 0 Å². The summed E-state index contributed by atoms with van der Waals surface area (Å²) < 4.78 is 7.53. The van der Waals surface area contributed by atoms with Crippen molar-refractivity contribution >= 4 is 23.5 Å². The molecule has 0 fully saturated rings. The number of carbonyl (C=O) groups is 1. The highest BCUT2D eigenvalue weighted by Crippen LogP contribution is 2.43. The molecular formula is C18H23N3O3S. The molecule has 0 spiro atoms. The van der Waals surface area contributed by atoms with Gasteiger partial charge in [0.2, 0.25) is 5.91 Å². The van der Waals surface area contributed by atoms with Crippen LogP contribution < -0.4 is 15.6 Å². The smallest absolute Gasteiger partial charge is 0.270 e. The van der Waals surface area contributed by atoms with Crippen LogP contribution in [-0.4, -0.2) is 28.0 Å². The lowest BCUT2D eigenvalue weighted by Crippen LogP contribution is -2.18. The molecule has 6 nitrogen and oxygen atoms in total. The Balaban J connectivity index is 2.17. The highest BCUT2D eigenvalue weighted by molar-refractivity contribution is 8.00. The maximum Gasteiger partial charge on any atom is 0.270 e. The van der Waals surface area contributed by atoms with E-state index in [9.17, 15) is 9.59 Å². The summed E-state index contributed by atoms with van der Waals surface area (Å²) >= 11 is 1.45. The first kappa shape index (κ1) is 17.7. The molecule has 0 saturated heterocycles. The average molecular weight is 361 g/mol. The van der Waals surface area contributed by atoms with Crippen molar-refractivity contribution < 1.29 is 9.53 Å². The Morgan fingerprint density at radius 3 is 2.80 bits per heavy atom. The van der Waals surface area contributed by atoms with Crippen molar-refractivity contribution in [2.45, 2.75) is 38.5 Å². The van der Waals surface area contributed by atoms with E-state index in [1.165, 1.54) is 11.8 Å². The lowest BCUT2D eigenvalue weighted by atomic mass is 10.0. The van der Waals surface area contributed by atoms with E-state index in [0.717, 1.165) is 17.7 Å². The van der Waals surface area contributed by atoms with Crippen molar-refractivity contribution in [2.24, 2.45) is 0 Å². The highest BCUT2D eigenvalue weighted by atomic mass is 32.2. The molecule has 3 rings (SSSR count). The fourth-order valence-electron chi connectivity index (χ4n) is 2.99. The van der Waals surface area contributed by atoms with Gasteiger partial charge in [-0.2, -0.15) is 0 Å². The van der Waals surface area contributed by atoms with Crippen LogP contribution in [0.5, 0.6) is 5.75 Å². The van der Waals surface area contributed by atoms with E-state index in [-0.39, 0.29) is 22.8 Å². The molecule has 0 unspecified atom stereocenters. The Morgan fingerprint density at radius 2 is 2.08 bits per heavy atom. The molecule has 1 amide bonds. The second-order valence-corrected chi connectivity index (χ2v) is 7.13. The zero-order valence-corrected chi connectivity index (χ0v) is 15.5. The molecule has 25 heavy (non-hydrogen) atoms. The third-order valence-electron chi connectivity index (χ3n) is 4.40. The number of aromatic nitrogens is 2. The number of hydrogen-bond acceptors (Lipinski definition) is 4. The molecule has 7 heteroatoms. The summed E-state index contributed by atoms with van der Waals surface area (Å²) in [5.41, 5.74) is 1.34. The van der Waals surface area contributed by atoms with Crippen molar-refractivity contribution in [2.75, 3.05) is 17.7 Å². The van der Waals surface area contributed by atoms with Gasteiger partial charge in [-0.1, -0.05) is 25.1 Å². The fraction of sp³-hybridized carbons (Fsp3) is 0.444. The van der Waals surface area contributed by atoms with Crippen molar-refractivity contribution in [3.8, 4) is 5.75 Å². The maximum absolute atomic E-state index is 12.7. The Labute approximate surface area is 150 Å². The van der Waals surface area contributed by atoms with Gasteiger partial charge in [-0.25, -0.2) is 0 Å². The number of hydrogen-bond donors (Lipinski definition) is 2. The number of benzene rings is 1. The van der Waals surface area contributed by atoms with E-state index in [0.29, 0.717) is 23.7 Å². The monoisotopic (exact) mass is 361 g/mol. The van der Waals surface area contributed by atoms with Gasteiger partial charge < -0.3 is 10.1 Å². The average Bonchev–Trinajstić information content (AvgIpc) is 2.82. The summed E-state index contributed by atoms with van der Waals surface area (Å²) in [7, 11) is 0. The van der Waals surface area contributed by atoms with Crippen LogP contribution in [-0.2, 0) is 4.79 Å². The Morgan fingerprint density at radius 1 is 1.32 bits per heavy atom. The molecule has 2 N–H and O–H groups in total. The SMILES string of the molecule is CCOc1ccccc1[C@H]1SCC(=O)Nc2c1c(=O)[nH]n2[C@@H](C)CC. The third kappa shape index (κ3) is 3.33. The second-order valence-electron chi connectivity index (χ2n) is 6.04. The predicted molar refractivity (Wildman–Crippen MR) is 101 cm³/mol. The van der Waals surface area contributed by atoms with Crippen molar-refractivity contribution in [1.82, 2.24) is 9.78 Å². The molecule has 0 saturated carbocycles. The minimum Gasteiger partial charge on any atom is -0.494 e. The van der Waals surface area contributed by atoms with Gasteiger partial charge in [-0.3, -0.25) is 19.4 Å². The van der Waals surface area contributed by atoms with E-state index in [1.54, 1.807) is 4.68 Å². The minimum atomic E-state index is -0.259. The summed E-state index contributed by atoms with van der Waals surface area (Å²) in [5.74, 6) is 1.52.